The summed E-state index contributed by atoms with van der Waals surface area (Å²) in [6.45, 7) is 5.68. The zero-order chi connectivity index (χ0) is 9.80. The maximum absolute atomic E-state index is 5.28. The lowest BCUT2D eigenvalue weighted by Crippen LogP contribution is -2.46. The SMILES string of the molecule is C[C@H](NN1CCOCC1)c1nccs1. The number of rotatable bonds is 3. The van der Waals surface area contributed by atoms with Gasteiger partial charge in [0.05, 0.1) is 19.3 Å². The second-order valence-corrected chi connectivity index (χ2v) is 4.25. The predicted octanol–water partition coefficient (Wildman–Crippen LogP) is 1.04. The summed E-state index contributed by atoms with van der Waals surface area (Å²) >= 11 is 1.69. The first-order valence-corrected chi connectivity index (χ1v) is 5.72. The summed E-state index contributed by atoms with van der Waals surface area (Å²) in [5.41, 5.74) is 3.42. The zero-order valence-corrected chi connectivity index (χ0v) is 9.09. The van der Waals surface area contributed by atoms with E-state index in [2.05, 4.69) is 22.3 Å². The Labute approximate surface area is 87.9 Å². The minimum Gasteiger partial charge on any atom is -0.379 e. The first-order valence-electron chi connectivity index (χ1n) is 4.84. The number of thiazole rings is 1. The minimum absolute atomic E-state index is 0.299. The summed E-state index contributed by atoms with van der Waals surface area (Å²) < 4.78 is 5.28. The van der Waals surface area contributed by atoms with Gasteiger partial charge in [0.15, 0.2) is 0 Å². The summed E-state index contributed by atoms with van der Waals surface area (Å²) in [7, 11) is 0. The van der Waals surface area contributed by atoms with E-state index in [1.54, 1.807) is 11.3 Å². The lowest BCUT2D eigenvalue weighted by Gasteiger charge is -2.29. The van der Waals surface area contributed by atoms with Gasteiger partial charge in [-0.3, -0.25) is 0 Å². The third-order valence-electron chi connectivity index (χ3n) is 2.21. The fourth-order valence-electron chi connectivity index (χ4n) is 1.47. The molecule has 0 aromatic carbocycles. The topological polar surface area (TPSA) is 37.4 Å². The summed E-state index contributed by atoms with van der Waals surface area (Å²) in [4.78, 5) is 4.28. The standard InChI is InChI=1S/C9H15N3OS/c1-8(9-10-2-7-14-9)11-12-3-5-13-6-4-12/h2,7-8,11H,3-6H2,1H3/t8-/m0/s1. The van der Waals surface area contributed by atoms with E-state index in [0.29, 0.717) is 6.04 Å². The molecule has 1 fully saturated rings. The van der Waals surface area contributed by atoms with Gasteiger partial charge < -0.3 is 4.74 Å². The van der Waals surface area contributed by atoms with E-state index in [0.717, 1.165) is 31.3 Å². The van der Waals surface area contributed by atoms with Crippen LogP contribution in [0.15, 0.2) is 11.6 Å². The first kappa shape index (κ1) is 10.0. The lowest BCUT2D eigenvalue weighted by atomic mass is 10.4. The maximum Gasteiger partial charge on any atom is 0.111 e. The molecule has 0 amide bonds. The average molecular weight is 213 g/mol. The van der Waals surface area contributed by atoms with Crippen LogP contribution in [0.5, 0.6) is 0 Å². The molecule has 0 radical (unpaired) electrons. The molecule has 5 heteroatoms. The number of nitrogens with zero attached hydrogens (tertiary/aromatic N) is 2. The van der Waals surface area contributed by atoms with Crippen molar-refractivity contribution in [1.29, 1.82) is 0 Å². The molecule has 1 N–H and O–H groups in total. The Morgan fingerprint density at radius 1 is 1.57 bits per heavy atom. The molecule has 1 aromatic rings. The Bertz CT molecular complexity index is 259. The van der Waals surface area contributed by atoms with Crippen molar-refractivity contribution >= 4 is 11.3 Å². The van der Waals surface area contributed by atoms with Gasteiger partial charge in [-0.15, -0.1) is 11.3 Å². The number of aromatic nitrogens is 1. The van der Waals surface area contributed by atoms with Gasteiger partial charge in [-0.2, -0.15) is 0 Å². The maximum atomic E-state index is 5.28. The van der Waals surface area contributed by atoms with E-state index in [1.807, 2.05) is 11.6 Å². The van der Waals surface area contributed by atoms with Gasteiger partial charge >= 0.3 is 0 Å². The molecule has 4 nitrogen and oxygen atoms in total. The zero-order valence-electron chi connectivity index (χ0n) is 8.27. The molecule has 14 heavy (non-hydrogen) atoms. The molecular formula is C9H15N3OS. The van der Waals surface area contributed by atoms with Crippen LogP contribution in [0.2, 0.25) is 0 Å². The summed E-state index contributed by atoms with van der Waals surface area (Å²) in [5, 5.41) is 5.35. The van der Waals surface area contributed by atoms with Gasteiger partial charge in [0.1, 0.15) is 5.01 Å². The Hall–Kier alpha value is -0.490. The molecule has 1 aromatic heterocycles. The van der Waals surface area contributed by atoms with Crippen LogP contribution >= 0.6 is 11.3 Å². The number of hydrogen-bond acceptors (Lipinski definition) is 5. The van der Waals surface area contributed by atoms with E-state index in [1.165, 1.54) is 0 Å². The van der Waals surface area contributed by atoms with Gasteiger partial charge in [0.25, 0.3) is 0 Å². The van der Waals surface area contributed by atoms with Crippen molar-refractivity contribution in [3.05, 3.63) is 16.6 Å². The van der Waals surface area contributed by atoms with Crippen LogP contribution in [0, 0.1) is 0 Å². The molecule has 1 aliphatic heterocycles. The highest BCUT2D eigenvalue weighted by Gasteiger charge is 2.14. The Balaban J connectivity index is 1.84. The number of hydrazine groups is 1. The Morgan fingerprint density at radius 2 is 2.36 bits per heavy atom. The van der Waals surface area contributed by atoms with Crippen molar-refractivity contribution in [2.24, 2.45) is 0 Å². The van der Waals surface area contributed by atoms with Crippen LogP contribution in [-0.4, -0.2) is 36.3 Å². The molecular weight excluding hydrogens is 198 g/mol. The van der Waals surface area contributed by atoms with Gasteiger partial charge in [0, 0.05) is 24.7 Å². The van der Waals surface area contributed by atoms with Crippen molar-refractivity contribution in [3.63, 3.8) is 0 Å². The van der Waals surface area contributed by atoms with Crippen molar-refractivity contribution in [2.75, 3.05) is 26.3 Å². The monoisotopic (exact) mass is 213 g/mol. The van der Waals surface area contributed by atoms with E-state index >= 15 is 0 Å². The van der Waals surface area contributed by atoms with Gasteiger partial charge in [-0.25, -0.2) is 15.4 Å². The van der Waals surface area contributed by atoms with Crippen molar-refractivity contribution in [1.82, 2.24) is 15.4 Å². The Morgan fingerprint density at radius 3 is 3.00 bits per heavy atom. The number of ether oxygens (including phenoxy) is 1. The number of hydrogen-bond donors (Lipinski definition) is 1. The predicted molar refractivity (Wildman–Crippen MR) is 56.1 cm³/mol. The normalized spacial score (nSPS) is 20.9. The highest BCUT2D eigenvalue weighted by atomic mass is 32.1. The molecule has 0 spiro atoms. The smallest absolute Gasteiger partial charge is 0.111 e. The van der Waals surface area contributed by atoms with Crippen LogP contribution in [0.3, 0.4) is 0 Å². The second kappa shape index (κ2) is 4.84. The molecule has 1 atom stereocenters. The lowest BCUT2D eigenvalue weighted by molar-refractivity contribution is 0.00483. The highest BCUT2D eigenvalue weighted by molar-refractivity contribution is 7.09. The molecule has 0 unspecified atom stereocenters. The van der Waals surface area contributed by atoms with Crippen molar-refractivity contribution < 1.29 is 4.74 Å². The van der Waals surface area contributed by atoms with E-state index < -0.39 is 0 Å². The molecule has 0 bridgehead atoms. The average Bonchev–Trinajstić information content (AvgIpc) is 2.72. The quantitative estimate of drug-likeness (QED) is 0.814. The number of nitrogens with one attached hydrogen (secondary N) is 1. The van der Waals surface area contributed by atoms with E-state index in [4.69, 9.17) is 4.74 Å². The largest absolute Gasteiger partial charge is 0.379 e. The Kier molecular flexibility index (Phi) is 3.47. The third-order valence-corrected chi connectivity index (χ3v) is 3.17. The molecule has 0 saturated carbocycles. The minimum atomic E-state index is 0.299. The summed E-state index contributed by atoms with van der Waals surface area (Å²) in [5.74, 6) is 0. The molecule has 78 valence electrons. The van der Waals surface area contributed by atoms with Gasteiger partial charge in [-0.1, -0.05) is 0 Å². The first-order chi connectivity index (χ1) is 6.86. The molecule has 2 rings (SSSR count). The van der Waals surface area contributed by atoms with Crippen LogP contribution in [0.25, 0.3) is 0 Å². The van der Waals surface area contributed by atoms with Crippen LogP contribution in [0.4, 0.5) is 0 Å². The van der Waals surface area contributed by atoms with Crippen molar-refractivity contribution in [2.45, 2.75) is 13.0 Å². The van der Waals surface area contributed by atoms with E-state index in [-0.39, 0.29) is 0 Å². The van der Waals surface area contributed by atoms with Crippen molar-refractivity contribution in [3.8, 4) is 0 Å². The van der Waals surface area contributed by atoms with Crippen LogP contribution < -0.4 is 5.43 Å². The third kappa shape index (κ3) is 2.51. The summed E-state index contributed by atoms with van der Waals surface area (Å²) in [6.07, 6.45) is 1.84. The second-order valence-electron chi connectivity index (χ2n) is 3.32. The number of morpholine rings is 1. The molecule has 1 saturated heterocycles. The van der Waals surface area contributed by atoms with Crippen LogP contribution in [-0.2, 0) is 4.74 Å². The highest BCUT2D eigenvalue weighted by Crippen LogP contribution is 2.15. The molecule has 0 aliphatic carbocycles. The molecule has 2 heterocycles. The molecule has 1 aliphatic rings. The van der Waals surface area contributed by atoms with Crippen LogP contribution in [0.1, 0.15) is 18.0 Å². The van der Waals surface area contributed by atoms with Gasteiger partial charge in [-0.05, 0) is 6.92 Å². The van der Waals surface area contributed by atoms with Gasteiger partial charge in [0.2, 0.25) is 0 Å². The summed E-state index contributed by atoms with van der Waals surface area (Å²) in [6, 6.07) is 0.299. The fourth-order valence-corrected chi connectivity index (χ4v) is 2.11. The van der Waals surface area contributed by atoms with E-state index in [9.17, 15) is 0 Å². The fraction of sp³-hybridized carbons (Fsp3) is 0.667.